The fourth-order valence-corrected chi connectivity index (χ4v) is 1.87. The van der Waals surface area contributed by atoms with E-state index in [1.54, 1.807) is 12.2 Å². The van der Waals surface area contributed by atoms with E-state index in [2.05, 4.69) is 10.6 Å². The van der Waals surface area contributed by atoms with Gasteiger partial charge < -0.3 is 10.6 Å². The molecule has 0 unspecified atom stereocenters. The number of hydrogen-bond acceptors (Lipinski definition) is 1. The highest BCUT2D eigenvalue weighted by Gasteiger charge is 2.01. The zero-order chi connectivity index (χ0) is 14.9. The highest BCUT2D eigenvalue weighted by atomic mass is 16.2. The zero-order valence-electron chi connectivity index (χ0n) is 11.6. The van der Waals surface area contributed by atoms with Gasteiger partial charge in [-0.1, -0.05) is 48.6 Å². The van der Waals surface area contributed by atoms with Crippen molar-refractivity contribution >= 4 is 17.8 Å². The van der Waals surface area contributed by atoms with Gasteiger partial charge in [0.1, 0.15) is 6.61 Å². The number of rotatable bonds is 5. The van der Waals surface area contributed by atoms with Crippen LogP contribution in [0.3, 0.4) is 0 Å². The van der Waals surface area contributed by atoms with Crippen LogP contribution in [0.15, 0.2) is 60.7 Å². The molecule has 0 heterocycles. The van der Waals surface area contributed by atoms with E-state index in [9.17, 15) is 9.90 Å². The normalized spacial score (nSPS) is 10.5. The van der Waals surface area contributed by atoms with Crippen molar-refractivity contribution < 1.29 is 9.90 Å². The molecule has 0 spiro atoms. The minimum Gasteiger partial charge on any atom is -0.334 e. The first-order chi connectivity index (χ1) is 10.3. The van der Waals surface area contributed by atoms with Crippen molar-refractivity contribution in [2.45, 2.75) is 6.54 Å². The SMILES string of the molecule is [O]C/C=C/c1cccc(CNC(=O)Nc2ccccc2)c1. The number of hydrogen-bond donors (Lipinski definition) is 2. The number of benzene rings is 2. The summed E-state index contributed by atoms with van der Waals surface area (Å²) >= 11 is 0. The number of carbonyl (C=O) groups excluding carboxylic acids is 1. The van der Waals surface area contributed by atoms with Crippen molar-refractivity contribution in [3.63, 3.8) is 0 Å². The molecule has 0 aliphatic heterocycles. The van der Waals surface area contributed by atoms with Crippen LogP contribution in [0.1, 0.15) is 11.1 Å². The van der Waals surface area contributed by atoms with E-state index in [1.165, 1.54) is 0 Å². The van der Waals surface area contributed by atoms with Crippen LogP contribution in [0.25, 0.3) is 6.08 Å². The predicted molar refractivity (Wildman–Crippen MR) is 83.3 cm³/mol. The van der Waals surface area contributed by atoms with Gasteiger partial charge in [0.05, 0.1) is 0 Å². The highest BCUT2D eigenvalue weighted by Crippen LogP contribution is 2.08. The molecule has 0 saturated heterocycles. The molecule has 107 valence electrons. The Morgan fingerprint density at radius 3 is 2.62 bits per heavy atom. The van der Waals surface area contributed by atoms with Crippen LogP contribution in [0.5, 0.6) is 0 Å². The van der Waals surface area contributed by atoms with Crippen molar-refractivity contribution in [1.82, 2.24) is 5.32 Å². The summed E-state index contributed by atoms with van der Waals surface area (Å²) in [6.45, 7) is 0.194. The van der Waals surface area contributed by atoms with Gasteiger partial charge in [0.25, 0.3) is 0 Å². The minimum absolute atomic E-state index is 0.234. The molecule has 0 aliphatic carbocycles. The van der Waals surface area contributed by atoms with Gasteiger partial charge in [-0.2, -0.15) is 0 Å². The molecule has 0 fully saturated rings. The number of carbonyl (C=O) groups is 1. The summed E-state index contributed by atoms with van der Waals surface area (Å²) in [5, 5.41) is 16.0. The number of anilines is 1. The van der Waals surface area contributed by atoms with E-state index < -0.39 is 0 Å². The molecule has 0 bridgehead atoms. The van der Waals surface area contributed by atoms with Gasteiger partial charge in [-0.15, -0.1) is 0 Å². The Bertz CT molecular complexity index is 609. The summed E-state index contributed by atoms with van der Waals surface area (Å²) in [6.07, 6.45) is 3.34. The topological polar surface area (TPSA) is 61.0 Å². The van der Waals surface area contributed by atoms with Crippen LogP contribution in [0.4, 0.5) is 10.5 Å². The minimum atomic E-state index is -0.248. The third kappa shape index (κ3) is 5.12. The van der Waals surface area contributed by atoms with E-state index in [0.29, 0.717) is 6.54 Å². The second-order valence-electron chi connectivity index (χ2n) is 4.49. The second-order valence-corrected chi connectivity index (χ2v) is 4.49. The van der Waals surface area contributed by atoms with Crippen molar-refractivity contribution in [3.05, 3.63) is 71.8 Å². The van der Waals surface area contributed by atoms with Gasteiger partial charge in [0, 0.05) is 12.2 Å². The summed E-state index contributed by atoms with van der Waals surface area (Å²) in [7, 11) is 0. The van der Waals surface area contributed by atoms with Crippen LogP contribution in [0, 0.1) is 0 Å². The standard InChI is InChI=1S/C17H17N2O2/c20-11-5-8-14-6-4-7-15(12-14)13-18-17(21)19-16-9-2-1-3-10-16/h1-10,12H,11,13H2,(H2,18,19,21)/b8-5+. The van der Waals surface area contributed by atoms with Crippen molar-refractivity contribution in [3.8, 4) is 0 Å². The van der Waals surface area contributed by atoms with E-state index >= 15 is 0 Å². The van der Waals surface area contributed by atoms with Crippen molar-refractivity contribution in [2.75, 3.05) is 11.9 Å². The van der Waals surface area contributed by atoms with E-state index in [-0.39, 0.29) is 12.6 Å². The molecule has 21 heavy (non-hydrogen) atoms. The van der Waals surface area contributed by atoms with Gasteiger partial charge >= 0.3 is 6.03 Å². The molecular weight excluding hydrogens is 264 g/mol. The fourth-order valence-electron chi connectivity index (χ4n) is 1.87. The maximum absolute atomic E-state index is 11.8. The zero-order valence-corrected chi connectivity index (χ0v) is 11.6. The molecule has 0 atom stereocenters. The molecule has 2 N–H and O–H groups in total. The lowest BCUT2D eigenvalue weighted by Gasteiger charge is -2.08. The highest BCUT2D eigenvalue weighted by molar-refractivity contribution is 5.89. The van der Waals surface area contributed by atoms with Gasteiger partial charge in [0.15, 0.2) is 0 Å². The average molecular weight is 281 g/mol. The maximum Gasteiger partial charge on any atom is 0.319 e. The van der Waals surface area contributed by atoms with Crippen molar-refractivity contribution in [2.24, 2.45) is 0 Å². The molecule has 2 aromatic rings. The Labute approximate surface area is 124 Å². The summed E-state index contributed by atoms with van der Waals surface area (Å²) in [6, 6.07) is 16.7. The summed E-state index contributed by atoms with van der Waals surface area (Å²) in [5.74, 6) is 0. The maximum atomic E-state index is 11.8. The number of urea groups is 1. The first-order valence-electron chi connectivity index (χ1n) is 6.71. The van der Waals surface area contributed by atoms with E-state index in [1.807, 2.05) is 54.6 Å². The van der Waals surface area contributed by atoms with Crippen LogP contribution in [0.2, 0.25) is 0 Å². The Balaban J connectivity index is 1.88. The monoisotopic (exact) mass is 281 g/mol. The van der Waals surface area contributed by atoms with Crippen LogP contribution in [-0.2, 0) is 11.7 Å². The molecule has 4 heteroatoms. The number of nitrogens with one attached hydrogen (secondary N) is 2. The van der Waals surface area contributed by atoms with Gasteiger partial charge in [0.2, 0.25) is 0 Å². The lowest BCUT2D eigenvalue weighted by Crippen LogP contribution is -2.28. The van der Waals surface area contributed by atoms with Crippen LogP contribution in [-0.4, -0.2) is 12.6 Å². The third-order valence-corrected chi connectivity index (χ3v) is 2.84. The molecule has 4 nitrogen and oxygen atoms in total. The first kappa shape index (κ1) is 14.8. The largest absolute Gasteiger partial charge is 0.334 e. The number of amides is 2. The number of para-hydroxylation sites is 1. The molecule has 2 rings (SSSR count). The molecule has 0 aromatic heterocycles. The predicted octanol–water partition coefficient (Wildman–Crippen LogP) is 3.45. The quantitative estimate of drug-likeness (QED) is 0.866. The average Bonchev–Trinajstić information content (AvgIpc) is 2.52. The first-order valence-corrected chi connectivity index (χ1v) is 6.71. The molecule has 2 amide bonds. The Morgan fingerprint density at radius 2 is 1.86 bits per heavy atom. The smallest absolute Gasteiger partial charge is 0.319 e. The summed E-state index contributed by atoms with van der Waals surface area (Å²) in [4.78, 5) is 11.8. The molecular formula is C17H17N2O2. The Kier molecular flexibility index (Phi) is 5.55. The molecule has 1 radical (unpaired) electrons. The Morgan fingerprint density at radius 1 is 1.05 bits per heavy atom. The van der Waals surface area contributed by atoms with Gasteiger partial charge in [-0.25, -0.2) is 9.90 Å². The van der Waals surface area contributed by atoms with Crippen LogP contribution >= 0.6 is 0 Å². The summed E-state index contributed by atoms with van der Waals surface area (Å²) < 4.78 is 0. The fraction of sp³-hybridized carbons (Fsp3) is 0.118. The molecule has 0 aliphatic rings. The van der Waals surface area contributed by atoms with Gasteiger partial charge in [-0.05, 0) is 29.3 Å². The lowest BCUT2D eigenvalue weighted by atomic mass is 10.1. The molecule has 0 saturated carbocycles. The summed E-state index contributed by atoms with van der Waals surface area (Å²) in [5.41, 5.74) is 2.68. The second kappa shape index (κ2) is 7.87. The van der Waals surface area contributed by atoms with Crippen LogP contribution < -0.4 is 10.6 Å². The van der Waals surface area contributed by atoms with E-state index in [0.717, 1.165) is 16.8 Å². The van der Waals surface area contributed by atoms with Crippen molar-refractivity contribution in [1.29, 1.82) is 0 Å². The lowest BCUT2D eigenvalue weighted by molar-refractivity contribution is 0.233. The molecule has 2 aromatic carbocycles. The van der Waals surface area contributed by atoms with Gasteiger partial charge in [-0.3, -0.25) is 0 Å². The Hall–Kier alpha value is -2.59. The third-order valence-electron chi connectivity index (χ3n) is 2.84. The van der Waals surface area contributed by atoms with E-state index in [4.69, 9.17) is 0 Å².